The summed E-state index contributed by atoms with van der Waals surface area (Å²) >= 11 is 8.42. The third kappa shape index (κ3) is 9.83. The monoisotopic (exact) mass is 446 g/mol. The van der Waals surface area contributed by atoms with Crippen LogP contribution in [-0.4, -0.2) is 60.0 Å². The third-order valence-corrected chi connectivity index (χ3v) is 4.57. The van der Waals surface area contributed by atoms with Crippen LogP contribution < -0.4 is 4.74 Å². The fourth-order valence-electron chi connectivity index (χ4n) is 1.32. The molecular formula is C13H20Br2O5S. The van der Waals surface area contributed by atoms with Crippen molar-refractivity contribution in [1.82, 2.24) is 0 Å². The van der Waals surface area contributed by atoms with E-state index >= 15 is 0 Å². The van der Waals surface area contributed by atoms with E-state index in [1.54, 1.807) is 18.4 Å². The molecule has 8 heteroatoms. The van der Waals surface area contributed by atoms with Crippen molar-refractivity contribution in [3.63, 3.8) is 0 Å². The van der Waals surface area contributed by atoms with E-state index in [1.165, 1.54) is 0 Å². The van der Waals surface area contributed by atoms with E-state index in [0.717, 1.165) is 13.3 Å². The molecule has 0 saturated heterocycles. The minimum absolute atomic E-state index is 0.516. The van der Waals surface area contributed by atoms with Gasteiger partial charge in [-0.1, -0.05) is 0 Å². The Balaban J connectivity index is 1.84. The van der Waals surface area contributed by atoms with Gasteiger partial charge in [-0.15, -0.1) is 11.3 Å². The van der Waals surface area contributed by atoms with Crippen molar-refractivity contribution in [1.29, 1.82) is 0 Å². The minimum atomic E-state index is 0.516. The summed E-state index contributed by atoms with van der Waals surface area (Å²) in [5.41, 5.74) is 0. The molecule has 1 aromatic rings. The average molecular weight is 448 g/mol. The zero-order valence-electron chi connectivity index (χ0n) is 11.9. The largest absolute Gasteiger partial charge is 0.489 e. The van der Waals surface area contributed by atoms with Gasteiger partial charge in [-0.05, 0) is 31.9 Å². The summed E-state index contributed by atoms with van der Waals surface area (Å²) in [5.74, 6) is 0.833. The van der Waals surface area contributed by atoms with Crippen molar-refractivity contribution in [2.24, 2.45) is 0 Å². The second kappa shape index (κ2) is 12.8. The van der Waals surface area contributed by atoms with Crippen LogP contribution in [0.5, 0.6) is 5.75 Å². The van der Waals surface area contributed by atoms with Gasteiger partial charge >= 0.3 is 0 Å². The Bertz CT molecular complexity index is 375. The van der Waals surface area contributed by atoms with Crippen LogP contribution in [0, 0.1) is 0 Å². The molecule has 0 spiro atoms. The zero-order chi connectivity index (χ0) is 15.3. The Morgan fingerprint density at radius 2 is 1.38 bits per heavy atom. The molecule has 0 aromatic carbocycles. The highest BCUT2D eigenvalue weighted by atomic mass is 79.9. The summed E-state index contributed by atoms with van der Waals surface area (Å²) in [6, 6.07) is 1.93. The molecule has 5 nitrogen and oxygen atoms in total. The van der Waals surface area contributed by atoms with Gasteiger partial charge in [-0.25, -0.2) is 0 Å². The summed E-state index contributed by atoms with van der Waals surface area (Å²) in [5, 5.41) is 0. The first kappa shape index (κ1) is 19.3. The van der Waals surface area contributed by atoms with Crippen LogP contribution in [0.1, 0.15) is 0 Å². The van der Waals surface area contributed by atoms with Crippen LogP contribution >= 0.6 is 43.2 Å². The summed E-state index contributed by atoms with van der Waals surface area (Å²) in [6.07, 6.45) is 0. The van der Waals surface area contributed by atoms with E-state index in [4.69, 9.17) is 23.7 Å². The predicted octanol–water partition coefficient (Wildman–Crippen LogP) is 3.35. The van der Waals surface area contributed by atoms with Crippen molar-refractivity contribution in [2.45, 2.75) is 0 Å². The number of halogens is 2. The molecule has 0 bridgehead atoms. The van der Waals surface area contributed by atoms with E-state index < -0.39 is 0 Å². The maximum absolute atomic E-state index is 5.58. The van der Waals surface area contributed by atoms with E-state index in [2.05, 4.69) is 31.9 Å². The van der Waals surface area contributed by atoms with Gasteiger partial charge < -0.3 is 23.7 Å². The molecule has 0 atom stereocenters. The van der Waals surface area contributed by atoms with Crippen LogP contribution in [0.15, 0.2) is 13.6 Å². The maximum Gasteiger partial charge on any atom is 0.145 e. The van der Waals surface area contributed by atoms with Crippen LogP contribution in [0.3, 0.4) is 0 Å². The topological polar surface area (TPSA) is 46.2 Å². The van der Waals surface area contributed by atoms with Gasteiger partial charge in [0.15, 0.2) is 0 Å². The van der Waals surface area contributed by atoms with Crippen LogP contribution in [0.2, 0.25) is 0 Å². The second-order valence-corrected chi connectivity index (χ2v) is 7.62. The van der Waals surface area contributed by atoms with Gasteiger partial charge in [0.25, 0.3) is 0 Å². The number of methoxy groups -OCH3 is 1. The Kier molecular flexibility index (Phi) is 11.8. The lowest BCUT2D eigenvalue weighted by Crippen LogP contribution is -2.13. The van der Waals surface area contributed by atoms with E-state index in [1.807, 2.05) is 6.07 Å². The van der Waals surface area contributed by atoms with Gasteiger partial charge in [0.2, 0.25) is 0 Å². The lowest BCUT2D eigenvalue weighted by molar-refractivity contribution is 0.000155. The molecule has 0 N–H and O–H groups in total. The number of ether oxygens (including phenoxy) is 5. The molecular weight excluding hydrogens is 428 g/mol. The highest BCUT2D eigenvalue weighted by molar-refractivity contribution is 9.12. The molecule has 1 rings (SSSR count). The van der Waals surface area contributed by atoms with E-state index in [9.17, 15) is 0 Å². The van der Waals surface area contributed by atoms with Gasteiger partial charge in [0.1, 0.15) is 16.1 Å². The molecule has 0 aliphatic carbocycles. The lowest BCUT2D eigenvalue weighted by Gasteiger charge is -2.07. The van der Waals surface area contributed by atoms with Crippen molar-refractivity contribution in [3.8, 4) is 5.75 Å². The summed E-state index contributed by atoms with van der Waals surface area (Å²) < 4.78 is 28.5. The number of hydrogen-bond acceptors (Lipinski definition) is 6. The Hall–Kier alpha value is 0.300. The predicted molar refractivity (Wildman–Crippen MR) is 89.5 cm³/mol. The fourth-order valence-corrected chi connectivity index (χ4v) is 3.97. The second-order valence-electron chi connectivity index (χ2n) is 3.87. The molecule has 0 aliphatic rings. The number of thiophene rings is 1. The SMILES string of the molecule is COCCOCCOCCOCCOc1cc(Br)sc1Br. The van der Waals surface area contributed by atoms with Crippen molar-refractivity contribution in [3.05, 3.63) is 13.6 Å². The average Bonchev–Trinajstić information content (AvgIpc) is 2.78. The normalized spacial score (nSPS) is 11.0. The number of hydrogen-bond donors (Lipinski definition) is 0. The Labute approximate surface area is 146 Å². The van der Waals surface area contributed by atoms with Crippen molar-refractivity contribution >= 4 is 43.2 Å². The van der Waals surface area contributed by atoms with E-state index in [0.29, 0.717) is 52.9 Å². The molecule has 21 heavy (non-hydrogen) atoms. The summed E-state index contributed by atoms with van der Waals surface area (Å²) in [6.45, 7) is 4.52. The number of rotatable bonds is 13. The highest BCUT2D eigenvalue weighted by Crippen LogP contribution is 2.37. The smallest absolute Gasteiger partial charge is 0.145 e. The lowest BCUT2D eigenvalue weighted by atomic mass is 10.6. The first-order valence-corrected chi connectivity index (χ1v) is 8.94. The molecule has 1 heterocycles. The summed E-state index contributed by atoms with van der Waals surface area (Å²) in [4.78, 5) is 0. The van der Waals surface area contributed by atoms with Crippen LogP contribution in [0.25, 0.3) is 0 Å². The molecule has 0 unspecified atom stereocenters. The fraction of sp³-hybridized carbons (Fsp3) is 0.692. The molecule has 0 fully saturated rings. The Morgan fingerprint density at radius 1 is 0.857 bits per heavy atom. The third-order valence-electron chi connectivity index (χ3n) is 2.29. The van der Waals surface area contributed by atoms with Gasteiger partial charge in [-0.2, -0.15) is 0 Å². The quantitative estimate of drug-likeness (QED) is 0.434. The molecule has 0 radical (unpaired) electrons. The standard InChI is InChI=1S/C13H20Br2O5S/c1-16-2-3-17-4-5-18-6-7-19-8-9-20-11-10-12(14)21-13(11)15/h10H,2-9H2,1H3. The van der Waals surface area contributed by atoms with Crippen molar-refractivity contribution < 1.29 is 23.7 Å². The Morgan fingerprint density at radius 3 is 1.86 bits per heavy atom. The first-order chi connectivity index (χ1) is 10.2. The molecule has 0 aliphatic heterocycles. The first-order valence-electron chi connectivity index (χ1n) is 6.54. The van der Waals surface area contributed by atoms with Gasteiger partial charge in [0, 0.05) is 13.2 Å². The highest BCUT2D eigenvalue weighted by Gasteiger charge is 2.05. The van der Waals surface area contributed by atoms with Gasteiger partial charge in [0.05, 0.1) is 50.0 Å². The summed E-state index contributed by atoms with van der Waals surface area (Å²) in [7, 11) is 1.65. The van der Waals surface area contributed by atoms with Gasteiger partial charge in [-0.3, -0.25) is 0 Å². The molecule has 1 aromatic heterocycles. The maximum atomic E-state index is 5.58. The van der Waals surface area contributed by atoms with Crippen molar-refractivity contribution in [2.75, 3.05) is 60.0 Å². The van der Waals surface area contributed by atoms with E-state index in [-0.39, 0.29) is 0 Å². The molecule has 0 saturated carbocycles. The van der Waals surface area contributed by atoms with Crippen LogP contribution in [0.4, 0.5) is 0 Å². The molecule has 122 valence electrons. The minimum Gasteiger partial charge on any atom is -0.489 e. The van der Waals surface area contributed by atoms with Crippen LogP contribution in [-0.2, 0) is 18.9 Å². The zero-order valence-corrected chi connectivity index (χ0v) is 15.9. The molecule has 0 amide bonds.